The number of carbonyl (C=O) groups is 4. The number of hydrogen-bond donors (Lipinski definition) is 0. The zero-order chi connectivity index (χ0) is 91.4. The first-order valence-electron chi connectivity index (χ1n) is 46.9. The third-order valence-corrected chi connectivity index (χ3v) is 28.6. The number of nitrogens with zero attached hydrogens (tertiary/aromatic N) is 23. The van der Waals surface area contributed by atoms with Crippen LogP contribution in [0, 0.1) is 6.92 Å². The zero-order valence-electron chi connectivity index (χ0n) is 76.7. The number of pyridine rings is 1. The van der Waals surface area contributed by atoms with Crippen molar-refractivity contribution in [3.8, 4) is 45.0 Å². The van der Waals surface area contributed by atoms with Crippen LogP contribution in [0.25, 0.3) is 45.0 Å². The Morgan fingerprint density at radius 3 is 1.05 bits per heavy atom. The first-order chi connectivity index (χ1) is 64.5. The Bertz CT molecular complexity index is 6460. The highest BCUT2D eigenvalue weighted by atomic mass is 19.4. The highest BCUT2D eigenvalue weighted by Crippen LogP contribution is 2.48. The Morgan fingerprint density at radius 1 is 0.383 bits per heavy atom. The van der Waals surface area contributed by atoms with Crippen molar-refractivity contribution in [1.82, 2.24) is 93.0 Å². The average molecular weight is 1810 g/mol. The van der Waals surface area contributed by atoms with Gasteiger partial charge in [-0.05, 0) is 159 Å². The standard InChI is InChI=1S/C25H27F3N6O2.C25H30N6O2.C25H27N5O2.C24H28N6O2/c1-15(35)32-9-7-21-19(12-32)24(30-34(21)18-13-36-14-18)33-8-3-4-16-10-17(5-6-20(16)33)22-11-23(25(26,27)28)29-31(22)2;1-16-12-26-28(3)24(16)19-6-7-22-18(11-19)5-4-9-30(22)25-21-13-29(17(2)32)10-8-23(21)31(27-25)20-14-33-15-20;1-17(31)28-12-9-24-21(14-28)25(27-30(24)20-15-32-16-20)29-11-4-5-19-13-18(7-8-23(19)29)22-6-2-3-10-26-22;1-16(31)28-11-8-23-20(13-28)24(26-30(23)19-14-32-15-19)29-9-3-4-18-12-17(5-6-22(18)29)21-7-10-27(2)25-21/h5-6,10-11,18H,3-4,7-9,12-14H2,1-2H3;6-7,11-12,20H,4-5,8-10,13-15H2,1-3H3;2-3,6-8,10,13,20H,4-5,9,11-12,14-16H2,1H3;5-7,10,12,19H,3-4,8-9,11,13-15H2,1-2H3. The summed E-state index contributed by atoms with van der Waals surface area (Å²) in [6.07, 6.45) is 12.6. The van der Waals surface area contributed by atoms with Gasteiger partial charge in [0.05, 0.1) is 132 Å². The number of rotatable bonds is 12. The number of aryl methyl sites for hydroxylation is 8. The van der Waals surface area contributed by atoms with Crippen LogP contribution in [-0.2, 0) is 143 Å². The van der Waals surface area contributed by atoms with Crippen LogP contribution in [0.1, 0.15) is 156 Å². The molecular formula is C99H112F3N23O8. The van der Waals surface area contributed by atoms with Crippen LogP contribution in [0.15, 0.2) is 122 Å². The van der Waals surface area contributed by atoms with Gasteiger partial charge in [0.1, 0.15) is 0 Å². The van der Waals surface area contributed by atoms with Gasteiger partial charge in [0, 0.05) is 229 Å². The van der Waals surface area contributed by atoms with Crippen molar-refractivity contribution in [3.63, 3.8) is 0 Å². The topological polar surface area (TPSA) is 269 Å². The van der Waals surface area contributed by atoms with Gasteiger partial charge in [-0.25, -0.2) is 0 Å². The molecule has 0 radical (unpaired) electrons. The Hall–Kier alpha value is -12.8. The van der Waals surface area contributed by atoms with Gasteiger partial charge in [0.2, 0.25) is 23.6 Å². The molecule has 0 aliphatic carbocycles. The summed E-state index contributed by atoms with van der Waals surface area (Å²) in [6, 6.07) is 36.1. The van der Waals surface area contributed by atoms with Crippen molar-refractivity contribution in [3.05, 3.63) is 200 Å². The van der Waals surface area contributed by atoms with Crippen LogP contribution in [0.3, 0.4) is 0 Å². The SMILES string of the molecule is CC(=O)N1CCc2c(c(N3CCCc4cc(-c5c(C)cnn5C)ccc43)nn2C2COC2)C1.CC(=O)N1CCc2c(c(N3CCCc4cc(-c5cc(C(F)(F)F)nn5C)ccc43)nn2C2COC2)C1.CC(=O)N1CCc2c(c(N3CCCc4cc(-c5ccccn5)ccc43)nn2C2COC2)C1.CC(=O)N1CCc2c(c(N3CCCc4cc(-c5ccn(C)n5)ccc43)nn2C2COC2)C1. The fourth-order valence-corrected chi connectivity index (χ4v) is 21.2. The number of amides is 4. The van der Waals surface area contributed by atoms with E-state index in [0.29, 0.717) is 115 Å². The second-order valence-electron chi connectivity index (χ2n) is 37.1. The largest absolute Gasteiger partial charge is 0.435 e. The molecule has 24 rings (SSSR count). The summed E-state index contributed by atoms with van der Waals surface area (Å²) in [5.41, 5.74) is 27.4. The van der Waals surface area contributed by atoms with Gasteiger partial charge in [-0.3, -0.25) is 56.9 Å². The first kappa shape index (κ1) is 86.9. The fraction of sp³-hybridized carbons (Fsp3) is 0.455. The van der Waals surface area contributed by atoms with E-state index in [-0.39, 0.29) is 29.7 Å². The normalized spacial score (nSPS) is 18.2. The molecular weight excluding hydrogens is 1700 g/mol. The first-order valence-corrected chi connectivity index (χ1v) is 46.9. The molecule has 8 aromatic heterocycles. The average Bonchev–Trinajstić information content (AvgIpc) is 1.61. The molecule has 12 aliphatic heterocycles. The molecule has 0 spiro atoms. The number of fused-ring (bicyclic) bond motifs is 8. The number of anilines is 8. The zero-order valence-corrected chi connectivity index (χ0v) is 76.7. The number of carbonyl (C=O) groups excluding carboxylic acids is 4. The molecule has 133 heavy (non-hydrogen) atoms. The summed E-state index contributed by atoms with van der Waals surface area (Å²) < 4.78 is 75.1. The molecule has 12 aromatic rings. The smallest absolute Gasteiger partial charge is 0.377 e. The van der Waals surface area contributed by atoms with Gasteiger partial charge < -0.3 is 58.1 Å². The minimum absolute atomic E-state index is 0.0458. The van der Waals surface area contributed by atoms with E-state index in [1.165, 1.54) is 96.1 Å². The van der Waals surface area contributed by atoms with Crippen molar-refractivity contribution < 1.29 is 51.3 Å². The van der Waals surface area contributed by atoms with Crippen molar-refractivity contribution in [2.24, 2.45) is 21.1 Å². The molecule has 4 aromatic carbocycles. The van der Waals surface area contributed by atoms with Crippen molar-refractivity contribution in [2.45, 2.75) is 168 Å². The van der Waals surface area contributed by atoms with E-state index in [1.807, 2.05) is 92.0 Å². The number of ether oxygens (including phenoxy) is 4. The minimum Gasteiger partial charge on any atom is -0.377 e. The van der Waals surface area contributed by atoms with Crippen LogP contribution in [0.2, 0.25) is 0 Å². The number of hydrogen-bond acceptors (Lipinski definition) is 20. The van der Waals surface area contributed by atoms with E-state index >= 15 is 0 Å². The van der Waals surface area contributed by atoms with Gasteiger partial charge in [0.25, 0.3) is 0 Å². The predicted octanol–water partition coefficient (Wildman–Crippen LogP) is 13.4. The molecule has 0 bridgehead atoms. The molecule has 0 N–H and O–H groups in total. The van der Waals surface area contributed by atoms with Crippen LogP contribution < -0.4 is 19.6 Å². The van der Waals surface area contributed by atoms with E-state index < -0.39 is 11.9 Å². The van der Waals surface area contributed by atoms with Gasteiger partial charge >= 0.3 is 6.18 Å². The molecule has 4 amide bonds. The molecule has 4 fully saturated rings. The molecule has 692 valence electrons. The third kappa shape index (κ3) is 16.5. The molecule has 0 unspecified atom stereocenters. The Labute approximate surface area is 769 Å². The molecule has 20 heterocycles. The Kier molecular flexibility index (Phi) is 23.3. The second kappa shape index (κ2) is 35.6. The van der Waals surface area contributed by atoms with Gasteiger partial charge in [0.15, 0.2) is 29.0 Å². The maximum absolute atomic E-state index is 13.2. The van der Waals surface area contributed by atoms with Crippen molar-refractivity contribution in [2.75, 3.05) is 125 Å². The summed E-state index contributed by atoms with van der Waals surface area (Å²) in [6.45, 7) is 23.2. The number of alkyl halides is 3. The highest BCUT2D eigenvalue weighted by molar-refractivity contribution is 5.82. The van der Waals surface area contributed by atoms with Crippen LogP contribution in [0.5, 0.6) is 0 Å². The lowest BCUT2D eigenvalue weighted by atomic mass is 9.96. The molecule has 31 nitrogen and oxygen atoms in total. The molecule has 0 saturated carbocycles. The quantitative estimate of drug-likeness (QED) is 0.110. The molecule has 0 atom stereocenters. The molecule has 4 saturated heterocycles. The van der Waals surface area contributed by atoms with Crippen molar-refractivity contribution in [1.29, 1.82) is 0 Å². The lowest BCUT2D eigenvalue weighted by Crippen LogP contribution is -2.37. The van der Waals surface area contributed by atoms with Crippen LogP contribution in [-0.4, -0.2) is 222 Å². The van der Waals surface area contributed by atoms with Gasteiger partial charge in [-0.1, -0.05) is 30.3 Å². The summed E-state index contributed by atoms with van der Waals surface area (Å²) in [5, 5.41) is 33.1. The highest BCUT2D eigenvalue weighted by Gasteiger charge is 2.42. The maximum Gasteiger partial charge on any atom is 0.435 e. The van der Waals surface area contributed by atoms with Crippen LogP contribution >= 0.6 is 0 Å². The Balaban J connectivity index is 0.000000107. The summed E-state index contributed by atoms with van der Waals surface area (Å²) in [4.78, 5) is 70.1. The van der Waals surface area contributed by atoms with E-state index in [2.05, 4.69) is 132 Å². The van der Waals surface area contributed by atoms with E-state index in [1.54, 1.807) is 27.7 Å². The predicted molar refractivity (Wildman–Crippen MR) is 494 cm³/mol. The molecule has 34 heteroatoms. The number of benzene rings is 4. The summed E-state index contributed by atoms with van der Waals surface area (Å²) >= 11 is 0. The van der Waals surface area contributed by atoms with Gasteiger partial charge in [-0.15, -0.1) is 0 Å². The third-order valence-electron chi connectivity index (χ3n) is 28.6. The minimum atomic E-state index is -4.49. The van der Waals surface area contributed by atoms with E-state index in [9.17, 15) is 32.3 Å². The monoisotopic (exact) mass is 1810 g/mol. The molecule has 12 aliphatic rings. The Morgan fingerprint density at radius 2 is 0.737 bits per heavy atom. The fourth-order valence-electron chi connectivity index (χ4n) is 21.2. The summed E-state index contributed by atoms with van der Waals surface area (Å²) in [7, 11) is 5.47. The van der Waals surface area contributed by atoms with E-state index in [0.717, 1.165) is 197 Å². The lowest BCUT2D eigenvalue weighted by molar-refractivity contribution is -0.141. The number of aromatic nitrogens is 15. The van der Waals surface area contributed by atoms with Gasteiger partial charge in [-0.2, -0.15) is 48.9 Å². The van der Waals surface area contributed by atoms with E-state index in [4.69, 9.17) is 39.3 Å². The van der Waals surface area contributed by atoms with Crippen molar-refractivity contribution >= 4 is 69.6 Å². The van der Waals surface area contributed by atoms with Crippen LogP contribution in [0.4, 0.5) is 59.2 Å². The lowest BCUT2D eigenvalue weighted by Gasteiger charge is -2.33. The second-order valence-corrected chi connectivity index (χ2v) is 37.1. The summed E-state index contributed by atoms with van der Waals surface area (Å²) in [5.74, 6) is 4.30. The number of halogens is 3. The maximum atomic E-state index is 13.2.